The first-order valence-electron chi connectivity index (χ1n) is 5.87. The van der Waals surface area contributed by atoms with Gasteiger partial charge in [0.1, 0.15) is 5.75 Å². The lowest BCUT2D eigenvalue weighted by molar-refractivity contribution is -0.116. The van der Waals surface area contributed by atoms with Gasteiger partial charge in [0.15, 0.2) is 0 Å². The van der Waals surface area contributed by atoms with Gasteiger partial charge in [-0.3, -0.25) is 4.79 Å². The quantitative estimate of drug-likeness (QED) is 0.773. The molecule has 1 N–H and O–H groups in total. The van der Waals surface area contributed by atoms with Crippen molar-refractivity contribution < 1.29 is 9.53 Å². The van der Waals surface area contributed by atoms with E-state index in [0.717, 1.165) is 17.9 Å². The third-order valence-electron chi connectivity index (χ3n) is 2.41. The van der Waals surface area contributed by atoms with Crippen molar-refractivity contribution in [3.05, 3.63) is 35.9 Å². The molecular formula is C14H20N2O2. The molecular weight excluding hydrogens is 228 g/mol. The first-order chi connectivity index (χ1) is 8.63. The zero-order valence-corrected chi connectivity index (χ0v) is 11.1. The molecule has 4 heteroatoms. The van der Waals surface area contributed by atoms with E-state index in [0.29, 0.717) is 6.54 Å². The highest BCUT2D eigenvalue weighted by molar-refractivity contribution is 5.92. The second kappa shape index (κ2) is 7.50. The van der Waals surface area contributed by atoms with E-state index in [2.05, 4.69) is 5.32 Å². The van der Waals surface area contributed by atoms with Crippen LogP contribution in [-0.2, 0) is 4.79 Å². The van der Waals surface area contributed by atoms with Crippen LogP contribution in [0.25, 0.3) is 6.08 Å². The molecule has 1 aromatic carbocycles. The number of nitrogens with one attached hydrogen (secondary N) is 1. The summed E-state index contributed by atoms with van der Waals surface area (Å²) >= 11 is 0. The molecule has 0 aromatic heterocycles. The van der Waals surface area contributed by atoms with Gasteiger partial charge in [-0.15, -0.1) is 0 Å². The molecule has 0 aliphatic heterocycles. The Labute approximate surface area is 108 Å². The molecule has 18 heavy (non-hydrogen) atoms. The molecule has 0 radical (unpaired) electrons. The number of para-hydroxylation sites is 1. The topological polar surface area (TPSA) is 41.6 Å². The fourth-order valence-corrected chi connectivity index (χ4v) is 1.43. The van der Waals surface area contributed by atoms with Gasteiger partial charge in [0.05, 0.1) is 7.11 Å². The maximum absolute atomic E-state index is 11.5. The number of ether oxygens (including phenoxy) is 1. The minimum atomic E-state index is -0.0947. The molecule has 0 aliphatic rings. The minimum absolute atomic E-state index is 0.0947. The van der Waals surface area contributed by atoms with Gasteiger partial charge >= 0.3 is 0 Å². The largest absolute Gasteiger partial charge is 0.496 e. The number of carbonyl (C=O) groups excluding carboxylic acids is 1. The Balaban J connectivity index is 2.50. The number of carbonyl (C=O) groups is 1. The van der Waals surface area contributed by atoms with Crippen molar-refractivity contribution in [1.29, 1.82) is 0 Å². The van der Waals surface area contributed by atoms with E-state index >= 15 is 0 Å². The van der Waals surface area contributed by atoms with E-state index in [9.17, 15) is 4.79 Å². The average molecular weight is 248 g/mol. The van der Waals surface area contributed by atoms with E-state index in [1.54, 1.807) is 13.2 Å². The van der Waals surface area contributed by atoms with Crippen LogP contribution < -0.4 is 10.1 Å². The highest BCUT2D eigenvalue weighted by Crippen LogP contribution is 2.18. The molecule has 0 saturated heterocycles. The lowest BCUT2D eigenvalue weighted by Gasteiger charge is -2.09. The van der Waals surface area contributed by atoms with Gasteiger partial charge in [-0.2, -0.15) is 0 Å². The second-order valence-corrected chi connectivity index (χ2v) is 4.17. The number of rotatable bonds is 6. The Morgan fingerprint density at radius 1 is 1.39 bits per heavy atom. The average Bonchev–Trinajstić information content (AvgIpc) is 2.36. The maximum atomic E-state index is 11.5. The van der Waals surface area contributed by atoms with Crippen LogP contribution in [-0.4, -0.2) is 45.1 Å². The van der Waals surface area contributed by atoms with Gasteiger partial charge in [0.25, 0.3) is 0 Å². The molecule has 0 bridgehead atoms. The third kappa shape index (κ3) is 5.01. The van der Waals surface area contributed by atoms with Gasteiger partial charge in [-0.25, -0.2) is 0 Å². The lowest BCUT2D eigenvalue weighted by Crippen LogP contribution is -2.30. The molecule has 4 nitrogen and oxygen atoms in total. The zero-order valence-electron chi connectivity index (χ0n) is 11.1. The van der Waals surface area contributed by atoms with E-state index in [-0.39, 0.29) is 5.91 Å². The number of hydrogen-bond acceptors (Lipinski definition) is 3. The fraction of sp³-hybridized carbons (Fsp3) is 0.357. The molecule has 1 aromatic rings. The maximum Gasteiger partial charge on any atom is 0.244 e. The Bertz CT molecular complexity index is 414. The molecule has 0 saturated carbocycles. The number of methoxy groups -OCH3 is 1. The summed E-state index contributed by atoms with van der Waals surface area (Å²) in [4.78, 5) is 13.6. The molecule has 1 rings (SSSR count). The van der Waals surface area contributed by atoms with E-state index in [4.69, 9.17) is 4.74 Å². The van der Waals surface area contributed by atoms with Gasteiger partial charge in [-0.05, 0) is 26.2 Å². The van der Waals surface area contributed by atoms with Crippen LogP contribution in [0.1, 0.15) is 5.56 Å². The van der Waals surface area contributed by atoms with Crippen LogP contribution in [0, 0.1) is 0 Å². The first-order valence-corrected chi connectivity index (χ1v) is 5.87. The molecule has 1 amide bonds. The summed E-state index contributed by atoms with van der Waals surface area (Å²) < 4.78 is 5.20. The van der Waals surface area contributed by atoms with Crippen molar-refractivity contribution in [1.82, 2.24) is 10.2 Å². The van der Waals surface area contributed by atoms with Crippen molar-refractivity contribution >= 4 is 12.0 Å². The normalized spacial score (nSPS) is 10.9. The highest BCUT2D eigenvalue weighted by atomic mass is 16.5. The Hall–Kier alpha value is -1.81. The second-order valence-electron chi connectivity index (χ2n) is 4.17. The number of likely N-dealkylation sites (N-methyl/N-ethyl adjacent to an activating group) is 1. The Morgan fingerprint density at radius 3 is 2.78 bits per heavy atom. The van der Waals surface area contributed by atoms with Gasteiger partial charge in [-0.1, -0.05) is 18.2 Å². The summed E-state index contributed by atoms with van der Waals surface area (Å²) in [6.07, 6.45) is 3.28. The van der Waals surface area contributed by atoms with E-state index < -0.39 is 0 Å². The van der Waals surface area contributed by atoms with Crippen molar-refractivity contribution in [2.24, 2.45) is 0 Å². The molecule has 0 atom stereocenters. The van der Waals surface area contributed by atoms with Gasteiger partial charge in [0, 0.05) is 24.7 Å². The van der Waals surface area contributed by atoms with Crippen LogP contribution in [0.2, 0.25) is 0 Å². The minimum Gasteiger partial charge on any atom is -0.496 e. The summed E-state index contributed by atoms with van der Waals surface area (Å²) in [7, 11) is 5.55. The Morgan fingerprint density at radius 2 is 2.11 bits per heavy atom. The van der Waals surface area contributed by atoms with Crippen molar-refractivity contribution in [2.75, 3.05) is 34.3 Å². The van der Waals surface area contributed by atoms with E-state index in [1.165, 1.54) is 6.08 Å². The van der Waals surface area contributed by atoms with Crippen LogP contribution in [0.3, 0.4) is 0 Å². The standard InChI is InChI=1S/C14H20N2O2/c1-16(2)11-10-15-14(17)9-8-12-6-4-5-7-13(12)18-3/h4-9H,10-11H2,1-3H3,(H,15,17)/b9-8+. The smallest absolute Gasteiger partial charge is 0.244 e. The number of amides is 1. The van der Waals surface area contributed by atoms with Crippen molar-refractivity contribution in [3.63, 3.8) is 0 Å². The van der Waals surface area contributed by atoms with Gasteiger partial charge in [0.2, 0.25) is 5.91 Å². The SMILES string of the molecule is COc1ccccc1/C=C/C(=O)NCCN(C)C. The monoisotopic (exact) mass is 248 g/mol. The van der Waals surface area contributed by atoms with Crippen LogP contribution in [0.4, 0.5) is 0 Å². The number of hydrogen-bond donors (Lipinski definition) is 1. The van der Waals surface area contributed by atoms with Crippen molar-refractivity contribution in [3.8, 4) is 5.75 Å². The summed E-state index contributed by atoms with van der Waals surface area (Å²) in [5, 5.41) is 2.81. The first kappa shape index (κ1) is 14.3. The molecule has 0 unspecified atom stereocenters. The highest BCUT2D eigenvalue weighted by Gasteiger charge is 1.99. The molecule has 0 fully saturated rings. The predicted molar refractivity (Wildman–Crippen MR) is 73.6 cm³/mol. The van der Waals surface area contributed by atoms with Crippen LogP contribution in [0.5, 0.6) is 5.75 Å². The molecule has 98 valence electrons. The molecule has 0 spiro atoms. The Kier molecular flexibility index (Phi) is 5.94. The van der Waals surface area contributed by atoms with Crippen LogP contribution in [0.15, 0.2) is 30.3 Å². The third-order valence-corrected chi connectivity index (χ3v) is 2.41. The van der Waals surface area contributed by atoms with Crippen molar-refractivity contribution in [2.45, 2.75) is 0 Å². The number of benzene rings is 1. The molecule has 0 heterocycles. The lowest BCUT2D eigenvalue weighted by atomic mass is 10.2. The number of nitrogens with zero attached hydrogens (tertiary/aromatic N) is 1. The van der Waals surface area contributed by atoms with Gasteiger partial charge < -0.3 is 15.0 Å². The fourth-order valence-electron chi connectivity index (χ4n) is 1.43. The zero-order chi connectivity index (χ0) is 13.4. The summed E-state index contributed by atoms with van der Waals surface area (Å²) in [5.74, 6) is 0.664. The summed E-state index contributed by atoms with van der Waals surface area (Å²) in [5.41, 5.74) is 0.891. The molecule has 0 aliphatic carbocycles. The summed E-state index contributed by atoms with van der Waals surface area (Å²) in [6, 6.07) is 7.57. The summed E-state index contributed by atoms with van der Waals surface area (Å²) in [6.45, 7) is 1.47. The van der Waals surface area contributed by atoms with Crippen LogP contribution >= 0.6 is 0 Å². The predicted octanol–water partition coefficient (Wildman–Crippen LogP) is 1.39. The van der Waals surface area contributed by atoms with E-state index in [1.807, 2.05) is 43.3 Å².